The number of hydrogen-bond acceptors (Lipinski definition) is 6. The Morgan fingerprint density at radius 3 is 2.66 bits per heavy atom. The fourth-order valence-corrected chi connectivity index (χ4v) is 6.36. The van der Waals surface area contributed by atoms with E-state index in [2.05, 4.69) is 13.0 Å². The van der Waals surface area contributed by atoms with Crippen molar-refractivity contribution in [2.24, 2.45) is 11.8 Å². The van der Waals surface area contributed by atoms with Crippen LogP contribution in [0.1, 0.15) is 79.7 Å². The van der Waals surface area contributed by atoms with Gasteiger partial charge >= 0.3 is 0 Å². The van der Waals surface area contributed by atoms with Gasteiger partial charge in [-0.25, -0.2) is 0 Å². The molecule has 2 aromatic carbocycles. The van der Waals surface area contributed by atoms with Gasteiger partial charge in [-0.2, -0.15) is 0 Å². The third-order valence-corrected chi connectivity index (χ3v) is 8.27. The van der Waals surface area contributed by atoms with Crippen molar-refractivity contribution in [3.05, 3.63) is 52.6 Å². The summed E-state index contributed by atoms with van der Waals surface area (Å²) < 4.78 is 12.0. The van der Waals surface area contributed by atoms with Gasteiger partial charge in [0.2, 0.25) is 5.75 Å². The Kier molecular flexibility index (Phi) is 6.69. The zero-order valence-electron chi connectivity index (χ0n) is 20.5. The van der Waals surface area contributed by atoms with Crippen molar-refractivity contribution in [2.45, 2.75) is 76.1 Å². The number of aliphatic hydroxyl groups excluding tert-OH is 1. The highest BCUT2D eigenvalue weighted by molar-refractivity contribution is 5.71. The fraction of sp³-hybridized carbons (Fsp3) is 0.517. The predicted octanol–water partition coefficient (Wildman–Crippen LogP) is 5.57. The minimum atomic E-state index is -0.546. The van der Waals surface area contributed by atoms with E-state index in [-0.39, 0.29) is 35.2 Å². The van der Waals surface area contributed by atoms with Crippen LogP contribution in [-0.2, 0) is 11.2 Å². The number of aromatic hydroxyl groups is 3. The summed E-state index contributed by atoms with van der Waals surface area (Å²) in [6.45, 7) is 2.18. The van der Waals surface area contributed by atoms with Crippen LogP contribution in [0.25, 0.3) is 6.08 Å². The zero-order valence-corrected chi connectivity index (χ0v) is 20.5. The number of fused-ring (bicyclic) bond motifs is 4. The summed E-state index contributed by atoms with van der Waals surface area (Å²) in [6.07, 6.45) is 9.60. The van der Waals surface area contributed by atoms with Gasteiger partial charge in [0.05, 0.1) is 25.4 Å². The largest absolute Gasteiger partial charge is 0.508 e. The molecule has 4 N–H and O–H groups in total. The first-order valence-electron chi connectivity index (χ1n) is 12.9. The molecule has 1 heterocycles. The second-order valence-corrected chi connectivity index (χ2v) is 10.3. The normalized spacial score (nSPS) is 29.2. The minimum absolute atomic E-state index is 0.0486. The smallest absolute Gasteiger partial charge is 0.201 e. The summed E-state index contributed by atoms with van der Waals surface area (Å²) in [4.78, 5) is 0. The number of methoxy groups -OCH3 is 1. The molecule has 35 heavy (non-hydrogen) atoms. The quantitative estimate of drug-likeness (QED) is 0.319. The van der Waals surface area contributed by atoms with E-state index in [0.717, 1.165) is 56.1 Å². The molecule has 0 bridgehead atoms. The maximum Gasteiger partial charge on any atom is 0.201 e. The first-order chi connectivity index (χ1) is 16.9. The second kappa shape index (κ2) is 9.75. The Hall–Kier alpha value is -2.70. The van der Waals surface area contributed by atoms with Crippen LogP contribution in [-0.4, -0.2) is 39.7 Å². The van der Waals surface area contributed by atoms with Crippen LogP contribution in [0.5, 0.6) is 23.0 Å². The molecule has 0 radical (unpaired) electrons. The molecule has 2 aromatic rings. The lowest BCUT2D eigenvalue weighted by Gasteiger charge is -2.49. The van der Waals surface area contributed by atoms with E-state index < -0.39 is 12.2 Å². The van der Waals surface area contributed by atoms with Gasteiger partial charge in [0.15, 0.2) is 11.5 Å². The van der Waals surface area contributed by atoms with Crippen molar-refractivity contribution in [2.75, 3.05) is 7.11 Å². The van der Waals surface area contributed by atoms with Crippen LogP contribution in [0.4, 0.5) is 0 Å². The third kappa shape index (κ3) is 4.27. The van der Waals surface area contributed by atoms with Crippen LogP contribution < -0.4 is 4.74 Å². The van der Waals surface area contributed by atoms with Crippen LogP contribution in [0.2, 0.25) is 0 Å². The molecule has 5 rings (SSSR count). The molecule has 2 aliphatic carbocycles. The molecular weight excluding hydrogens is 444 g/mol. The highest BCUT2D eigenvalue weighted by Crippen LogP contribution is 2.54. The van der Waals surface area contributed by atoms with Crippen LogP contribution >= 0.6 is 0 Å². The van der Waals surface area contributed by atoms with Gasteiger partial charge in [-0.15, -0.1) is 0 Å². The summed E-state index contributed by atoms with van der Waals surface area (Å²) in [5, 5.41) is 42.2. The van der Waals surface area contributed by atoms with Crippen molar-refractivity contribution < 1.29 is 29.9 Å². The van der Waals surface area contributed by atoms with E-state index >= 15 is 0 Å². The maximum absolute atomic E-state index is 11.3. The number of phenols is 3. The molecule has 1 saturated heterocycles. The Morgan fingerprint density at radius 2 is 1.89 bits per heavy atom. The molecule has 0 aromatic heterocycles. The van der Waals surface area contributed by atoms with E-state index in [1.807, 2.05) is 24.3 Å². The number of aliphatic hydroxyl groups is 1. The van der Waals surface area contributed by atoms with Gasteiger partial charge in [0, 0.05) is 17.4 Å². The average Bonchev–Trinajstić information content (AvgIpc) is 2.86. The molecule has 1 saturated carbocycles. The number of ether oxygens (including phenoxy) is 2. The van der Waals surface area contributed by atoms with Crippen molar-refractivity contribution in [3.63, 3.8) is 0 Å². The van der Waals surface area contributed by atoms with Gasteiger partial charge in [0.25, 0.3) is 0 Å². The van der Waals surface area contributed by atoms with Gasteiger partial charge in [-0.05, 0) is 66.8 Å². The summed E-state index contributed by atoms with van der Waals surface area (Å²) in [7, 11) is 1.46. The van der Waals surface area contributed by atoms with Gasteiger partial charge < -0.3 is 29.9 Å². The Labute approximate surface area is 206 Å². The van der Waals surface area contributed by atoms with E-state index in [1.165, 1.54) is 18.7 Å². The monoisotopic (exact) mass is 480 g/mol. The molecular formula is C29H36O6. The SMILES string of the molecule is CCCCCc1cc([C@H]2CC[C@@H]3[C@@H](O)[C@@H]4C=Cc5c(cc(O)c(O)c5OC)[C@@H]4O[C@H]3C2)ccc1O. The molecule has 0 unspecified atom stereocenters. The Balaban J connectivity index is 1.39. The number of rotatable bonds is 6. The van der Waals surface area contributed by atoms with Crippen LogP contribution in [0.15, 0.2) is 30.3 Å². The summed E-state index contributed by atoms with van der Waals surface area (Å²) in [6, 6.07) is 7.53. The van der Waals surface area contributed by atoms with E-state index in [9.17, 15) is 20.4 Å². The summed E-state index contributed by atoms with van der Waals surface area (Å²) >= 11 is 0. The molecule has 3 aliphatic rings. The summed E-state index contributed by atoms with van der Waals surface area (Å²) in [5.41, 5.74) is 3.64. The lowest BCUT2D eigenvalue weighted by molar-refractivity contribution is -0.177. The molecule has 188 valence electrons. The zero-order chi connectivity index (χ0) is 24.7. The number of aryl methyl sites for hydroxylation is 1. The number of benzene rings is 2. The first-order valence-corrected chi connectivity index (χ1v) is 12.9. The predicted molar refractivity (Wildman–Crippen MR) is 134 cm³/mol. The lowest BCUT2D eigenvalue weighted by Crippen LogP contribution is -2.49. The number of unbranched alkanes of at least 4 members (excludes halogenated alkanes) is 2. The Morgan fingerprint density at radius 1 is 1.06 bits per heavy atom. The van der Waals surface area contributed by atoms with Crippen molar-refractivity contribution >= 4 is 6.08 Å². The fourth-order valence-electron chi connectivity index (χ4n) is 6.36. The summed E-state index contributed by atoms with van der Waals surface area (Å²) in [5.74, 6) is 0.177. The number of hydrogen-bond donors (Lipinski definition) is 4. The third-order valence-electron chi connectivity index (χ3n) is 8.27. The molecule has 6 heteroatoms. The highest BCUT2D eigenvalue weighted by atomic mass is 16.5. The molecule has 1 aliphatic heterocycles. The maximum atomic E-state index is 11.3. The highest BCUT2D eigenvalue weighted by Gasteiger charge is 2.48. The average molecular weight is 481 g/mol. The lowest BCUT2D eigenvalue weighted by atomic mass is 9.67. The standard InChI is InChI=1S/C29H36O6/c1-3-4-5-6-18-13-16(8-12-23(18)30)17-7-9-20-25(14-17)35-28-21(26(20)32)11-10-19-22(28)15-24(31)27(33)29(19)34-2/h8,10-13,15,17,20-21,25-26,28,30-33H,3-7,9,14H2,1-2H3/t17-,20-,21-,25-,26+,28+/m0/s1. The minimum Gasteiger partial charge on any atom is -0.508 e. The second-order valence-electron chi connectivity index (χ2n) is 10.3. The van der Waals surface area contributed by atoms with E-state index in [4.69, 9.17) is 9.47 Å². The molecule has 6 nitrogen and oxygen atoms in total. The van der Waals surface area contributed by atoms with Crippen LogP contribution in [0, 0.1) is 11.8 Å². The molecule has 2 fully saturated rings. The van der Waals surface area contributed by atoms with Gasteiger partial charge in [-0.3, -0.25) is 0 Å². The van der Waals surface area contributed by atoms with Crippen molar-refractivity contribution in [3.8, 4) is 23.0 Å². The number of phenolic OH excluding ortho intramolecular Hbond substituents is 3. The van der Waals surface area contributed by atoms with Gasteiger partial charge in [0.1, 0.15) is 5.75 Å². The van der Waals surface area contributed by atoms with Gasteiger partial charge in [-0.1, -0.05) is 44.1 Å². The molecule has 0 amide bonds. The molecule has 6 atom stereocenters. The topological polar surface area (TPSA) is 99.4 Å². The van der Waals surface area contributed by atoms with E-state index in [1.54, 1.807) is 0 Å². The van der Waals surface area contributed by atoms with Crippen LogP contribution in [0.3, 0.4) is 0 Å². The Bertz CT molecular complexity index is 1110. The van der Waals surface area contributed by atoms with Crippen molar-refractivity contribution in [1.29, 1.82) is 0 Å². The molecule has 0 spiro atoms. The first kappa shape index (κ1) is 24.0. The van der Waals surface area contributed by atoms with E-state index in [0.29, 0.717) is 17.2 Å². The van der Waals surface area contributed by atoms with Crippen molar-refractivity contribution in [1.82, 2.24) is 0 Å².